The fourth-order valence-corrected chi connectivity index (χ4v) is 5.81. The fourth-order valence-electron chi connectivity index (χ4n) is 5.38. The van der Waals surface area contributed by atoms with Crippen LogP contribution in [0.5, 0.6) is 0 Å². The predicted octanol–water partition coefficient (Wildman–Crippen LogP) is 7.18. The molecule has 0 aliphatic carbocycles. The van der Waals surface area contributed by atoms with Crippen molar-refractivity contribution in [1.29, 1.82) is 0 Å². The Bertz CT molecular complexity index is 1600. The summed E-state index contributed by atoms with van der Waals surface area (Å²) in [7, 11) is 0. The Labute approximate surface area is 233 Å². The number of rotatable bonds is 7. The minimum atomic E-state index is 0.604. The van der Waals surface area contributed by atoms with Gasteiger partial charge in [-0.1, -0.05) is 90.5 Å². The van der Waals surface area contributed by atoms with Crippen LogP contribution in [0.2, 0.25) is 5.02 Å². The summed E-state index contributed by atoms with van der Waals surface area (Å²) in [5.41, 5.74) is 9.18. The molecule has 0 radical (unpaired) electrons. The number of benzene rings is 3. The minimum absolute atomic E-state index is 0.604. The van der Waals surface area contributed by atoms with Crippen LogP contribution in [-0.2, 0) is 26.1 Å². The van der Waals surface area contributed by atoms with Gasteiger partial charge in [0, 0.05) is 34.9 Å². The van der Waals surface area contributed by atoms with Crippen molar-refractivity contribution in [2.45, 2.75) is 45.8 Å². The van der Waals surface area contributed by atoms with Gasteiger partial charge < -0.3 is 15.2 Å². The standard InChI is InChI=1S/C31H30ClN5S/c1-21-15-16-24(32)18-26(21)33-20-27-35-37-29(30(38)34-19-22-10-4-2-5-11-22)28(23-12-6-3-7-13-23)25-14-8-9-17-36(27)31(25)37/h2-7,10-13,15-16,18,33H,8-9,14,17,19-20H2,1H3,(H,34,38). The molecule has 3 heterocycles. The van der Waals surface area contributed by atoms with Crippen molar-refractivity contribution in [3.05, 3.63) is 112 Å². The summed E-state index contributed by atoms with van der Waals surface area (Å²) in [6.45, 7) is 4.29. The number of halogens is 1. The van der Waals surface area contributed by atoms with Crippen molar-refractivity contribution < 1.29 is 0 Å². The van der Waals surface area contributed by atoms with Gasteiger partial charge in [-0.25, -0.2) is 4.52 Å². The Morgan fingerprint density at radius 2 is 1.74 bits per heavy atom. The molecule has 0 unspecified atom stereocenters. The van der Waals surface area contributed by atoms with Crippen LogP contribution in [0.1, 0.15) is 41.1 Å². The topological polar surface area (TPSA) is 46.3 Å². The van der Waals surface area contributed by atoms with Crippen LogP contribution in [-0.4, -0.2) is 19.2 Å². The average molecular weight is 540 g/mol. The van der Waals surface area contributed by atoms with E-state index < -0.39 is 0 Å². The maximum absolute atomic E-state index is 6.27. The molecule has 1 aliphatic rings. The monoisotopic (exact) mass is 539 g/mol. The van der Waals surface area contributed by atoms with E-state index in [1.165, 1.54) is 22.3 Å². The second-order valence-corrected chi connectivity index (χ2v) is 10.7. The van der Waals surface area contributed by atoms with Gasteiger partial charge >= 0.3 is 0 Å². The number of aryl methyl sites for hydroxylation is 3. The highest BCUT2D eigenvalue weighted by Crippen LogP contribution is 2.37. The van der Waals surface area contributed by atoms with E-state index in [1.54, 1.807) is 0 Å². The first-order valence-electron chi connectivity index (χ1n) is 13.1. The molecule has 38 heavy (non-hydrogen) atoms. The molecule has 5 aromatic rings. The number of aromatic nitrogens is 3. The lowest BCUT2D eigenvalue weighted by Gasteiger charge is -2.12. The van der Waals surface area contributed by atoms with Gasteiger partial charge in [0.25, 0.3) is 0 Å². The van der Waals surface area contributed by atoms with Crippen LogP contribution in [0.25, 0.3) is 16.8 Å². The summed E-state index contributed by atoms with van der Waals surface area (Å²) in [5.74, 6) is 0.995. The van der Waals surface area contributed by atoms with Gasteiger partial charge in [0.2, 0.25) is 0 Å². The van der Waals surface area contributed by atoms with E-state index in [1.807, 2.05) is 24.3 Å². The lowest BCUT2D eigenvalue weighted by Crippen LogP contribution is -2.24. The Balaban J connectivity index is 1.44. The van der Waals surface area contributed by atoms with Gasteiger partial charge in [-0.2, -0.15) is 5.10 Å². The Kier molecular flexibility index (Phi) is 6.92. The molecule has 0 amide bonds. The maximum atomic E-state index is 6.27. The van der Waals surface area contributed by atoms with Gasteiger partial charge in [-0.15, -0.1) is 0 Å². The third kappa shape index (κ3) is 4.70. The zero-order chi connectivity index (χ0) is 26.1. The normalized spacial score (nSPS) is 12.9. The van der Waals surface area contributed by atoms with Gasteiger partial charge in [0.1, 0.15) is 16.3 Å². The number of thiocarbonyl (C=S) groups is 1. The third-order valence-electron chi connectivity index (χ3n) is 7.27. The molecule has 0 spiro atoms. The van der Waals surface area contributed by atoms with Crippen LogP contribution in [0.3, 0.4) is 0 Å². The van der Waals surface area contributed by atoms with E-state index in [-0.39, 0.29) is 0 Å². The zero-order valence-electron chi connectivity index (χ0n) is 21.4. The first-order chi connectivity index (χ1) is 18.6. The van der Waals surface area contributed by atoms with Crippen LogP contribution in [0, 0.1) is 6.92 Å². The molecule has 2 aromatic heterocycles. The van der Waals surface area contributed by atoms with Gasteiger partial charge in [0.15, 0.2) is 5.82 Å². The van der Waals surface area contributed by atoms with Gasteiger partial charge in [-0.05, 0) is 55.0 Å². The Morgan fingerprint density at radius 3 is 2.53 bits per heavy atom. The third-order valence-corrected chi connectivity index (χ3v) is 7.84. The first-order valence-corrected chi connectivity index (χ1v) is 13.9. The number of anilines is 1. The van der Waals surface area contributed by atoms with Crippen LogP contribution >= 0.6 is 23.8 Å². The van der Waals surface area contributed by atoms with Gasteiger partial charge in [-0.3, -0.25) is 0 Å². The smallest absolute Gasteiger partial charge is 0.150 e. The summed E-state index contributed by atoms with van der Waals surface area (Å²) in [6.07, 6.45) is 3.25. The van der Waals surface area contributed by atoms with Crippen LogP contribution in [0.4, 0.5) is 5.69 Å². The fraction of sp³-hybridized carbons (Fsp3) is 0.226. The average Bonchev–Trinajstić information content (AvgIpc) is 3.35. The largest absolute Gasteiger partial charge is 0.377 e. The zero-order valence-corrected chi connectivity index (χ0v) is 22.9. The quantitative estimate of drug-likeness (QED) is 0.215. The minimum Gasteiger partial charge on any atom is -0.377 e. The molecule has 7 heteroatoms. The lowest BCUT2D eigenvalue weighted by molar-refractivity contribution is 0.619. The molecule has 3 aromatic carbocycles. The van der Waals surface area contributed by atoms with Crippen molar-refractivity contribution in [2.24, 2.45) is 0 Å². The molecule has 0 fully saturated rings. The second kappa shape index (κ2) is 10.6. The summed E-state index contributed by atoms with van der Waals surface area (Å²) in [6, 6.07) is 26.9. The van der Waals surface area contributed by atoms with E-state index in [0.717, 1.165) is 59.2 Å². The molecule has 2 N–H and O–H groups in total. The highest BCUT2D eigenvalue weighted by molar-refractivity contribution is 7.80. The number of hydrogen-bond acceptors (Lipinski definition) is 3. The van der Waals surface area contributed by atoms with Crippen molar-refractivity contribution in [3.8, 4) is 11.1 Å². The molecule has 0 saturated heterocycles. The molecule has 0 atom stereocenters. The summed E-state index contributed by atoms with van der Waals surface area (Å²) >= 11 is 12.3. The first kappa shape index (κ1) is 24.7. The van der Waals surface area contributed by atoms with E-state index in [4.69, 9.17) is 28.9 Å². The molecule has 192 valence electrons. The lowest BCUT2D eigenvalue weighted by atomic mass is 9.98. The van der Waals surface area contributed by atoms with E-state index in [9.17, 15) is 0 Å². The Hall–Kier alpha value is -3.61. The molecule has 0 bridgehead atoms. The molecule has 6 rings (SSSR count). The second-order valence-electron chi connectivity index (χ2n) is 9.81. The van der Waals surface area contributed by atoms with Crippen LogP contribution in [0.15, 0.2) is 78.9 Å². The number of nitrogens with one attached hydrogen (secondary N) is 2. The van der Waals surface area contributed by atoms with E-state index >= 15 is 0 Å². The molecular weight excluding hydrogens is 510 g/mol. The maximum Gasteiger partial charge on any atom is 0.150 e. The van der Waals surface area contributed by atoms with Crippen molar-refractivity contribution in [2.75, 3.05) is 5.32 Å². The van der Waals surface area contributed by atoms with Gasteiger partial charge in [0.05, 0.1) is 6.54 Å². The number of hydrogen-bond donors (Lipinski definition) is 2. The van der Waals surface area contributed by atoms with Crippen molar-refractivity contribution in [1.82, 2.24) is 19.5 Å². The molecule has 5 nitrogen and oxygen atoms in total. The summed E-state index contributed by atoms with van der Waals surface area (Å²) in [5, 5.41) is 13.0. The molecule has 1 aliphatic heterocycles. The summed E-state index contributed by atoms with van der Waals surface area (Å²) in [4.78, 5) is 0.712. The highest BCUT2D eigenvalue weighted by Gasteiger charge is 2.28. The van der Waals surface area contributed by atoms with Crippen LogP contribution < -0.4 is 10.6 Å². The van der Waals surface area contributed by atoms with E-state index in [2.05, 4.69) is 81.2 Å². The molecule has 0 saturated carbocycles. The predicted molar refractivity (Wildman–Crippen MR) is 160 cm³/mol. The molecular formula is C31H30ClN5S. The number of nitrogens with zero attached hydrogens (tertiary/aromatic N) is 3. The SMILES string of the molecule is Cc1ccc(Cl)cc1NCc1nn2c(C(=S)NCc3ccccc3)c(-c3ccccc3)c3c2n1CCCC3. The van der Waals surface area contributed by atoms with Crippen molar-refractivity contribution >= 4 is 40.1 Å². The van der Waals surface area contributed by atoms with Crippen molar-refractivity contribution in [3.63, 3.8) is 0 Å². The highest BCUT2D eigenvalue weighted by atomic mass is 35.5. The van der Waals surface area contributed by atoms with E-state index in [0.29, 0.717) is 18.1 Å². The summed E-state index contributed by atoms with van der Waals surface area (Å²) < 4.78 is 4.47. The Morgan fingerprint density at radius 1 is 0.974 bits per heavy atom.